The van der Waals surface area contributed by atoms with Gasteiger partial charge in [-0.3, -0.25) is 71.9 Å². The molecule has 7 aromatic rings. The highest BCUT2D eigenvalue weighted by Gasteiger charge is 2.46. The first kappa shape index (κ1) is 95.5. The van der Waals surface area contributed by atoms with Gasteiger partial charge in [-0.25, -0.2) is 4.39 Å². The molecule has 9 rings (SSSR count). The van der Waals surface area contributed by atoms with Crippen molar-refractivity contribution in [1.29, 1.82) is 0 Å². The van der Waals surface area contributed by atoms with Gasteiger partial charge in [0.05, 0.1) is 6.61 Å². The second-order valence-corrected chi connectivity index (χ2v) is 31.8. The van der Waals surface area contributed by atoms with Crippen LogP contribution in [0.5, 0.6) is 11.5 Å². The predicted octanol–water partition coefficient (Wildman–Crippen LogP) is 0.902. The lowest BCUT2D eigenvalue weighted by Gasteiger charge is -2.36. The minimum Gasteiger partial charge on any atom is -0.508 e. The number of H-pyrrole nitrogens is 2. The van der Waals surface area contributed by atoms with E-state index in [1.807, 2.05) is 0 Å². The highest BCUT2D eigenvalue weighted by Crippen LogP contribution is 2.35. The monoisotopic (exact) mass is 1730 g/mol. The molecule has 0 spiro atoms. The largest absolute Gasteiger partial charge is 0.508 e. The van der Waals surface area contributed by atoms with E-state index in [0.29, 0.717) is 75.3 Å². The third-order valence-corrected chi connectivity index (χ3v) is 22.6. The summed E-state index contributed by atoms with van der Waals surface area (Å²) in [7, 11) is 4.96. The minimum absolute atomic E-state index is 0.0357. The van der Waals surface area contributed by atoms with Crippen LogP contribution in [0.3, 0.4) is 0 Å². The second-order valence-electron chi connectivity index (χ2n) is 31.8. The van der Waals surface area contributed by atoms with E-state index in [4.69, 9.17) is 11.5 Å². The van der Waals surface area contributed by atoms with Crippen molar-refractivity contribution in [2.24, 2.45) is 17.4 Å². The van der Waals surface area contributed by atoms with Gasteiger partial charge in [-0.1, -0.05) is 72.8 Å². The summed E-state index contributed by atoms with van der Waals surface area (Å²) in [5.41, 5.74) is 14.9. The van der Waals surface area contributed by atoms with Crippen LogP contribution in [0.25, 0.3) is 21.8 Å². The summed E-state index contributed by atoms with van der Waals surface area (Å²) in [5, 5.41) is 67.1. The van der Waals surface area contributed by atoms with E-state index in [1.165, 1.54) is 83.6 Å². The number of benzene rings is 5. The summed E-state index contributed by atoms with van der Waals surface area (Å²) in [4.78, 5) is 230. The lowest BCUT2D eigenvalue weighted by molar-refractivity contribution is -0.150. The molecule has 1 aliphatic carbocycles. The van der Waals surface area contributed by atoms with Gasteiger partial charge in [0.1, 0.15) is 90.2 Å². The zero-order valence-electron chi connectivity index (χ0n) is 70.4. The van der Waals surface area contributed by atoms with Crippen molar-refractivity contribution < 1.29 is 96.7 Å². The van der Waals surface area contributed by atoms with Crippen LogP contribution in [0.2, 0.25) is 0 Å². The Bertz CT molecular complexity index is 4990. The van der Waals surface area contributed by atoms with Gasteiger partial charge in [-0.15, -0.1) is 0 Å². The van der Waals surface area contributed by atoms with Gasteiger partial charge >= 0.3 is 5.97 Å². The number of para-hydroxylation sites is 1. The van der Waals surface area contributed by atoms with Crippen molar-refractivity contribution in [2.75, 3.05) is 54.4 Å². The molecule has 1 aliphatic heterocycles. The molecule has 0 bridgehead atoms. The number of nitrogens with zero attached hydrogens (tertiary/aromatic N) is 4. The number of aliphatic carboxylic acids is 1. The summed E-state index contributed by atoms with van der Waals surface area (Å²) in [6.07, 6.45) is 0.896. The molecule has 1 saturated carbocycles. The maximum atomic E-state index is 15.9. The number of nitrogens with two attached hydrogens (primary N) is 2. The predicted molar refractivity (Wildman–Crippen MR) is 456 cm³/mol. The van der Waals surface area contributed by atoms with Gasteiger partial charge < -0.3 is 109 Å². The average Bonchev–Trinajstić information content (AvgIpc) is 1.69. The summed E-state index contributed by atoms with van der Waals surface area (Å²) >= 11 is 0. The van der Waals surface area contributed by atoms with Gasteiger partial charge in [-0.05, 0) is 166 Å². The maximum absolute atomic E-state index is 15.9. The number of phenols is 2. The molecule has 36 nitrogen and oxygen atoms in total. The molecular formula is C88H112FN17O19. The van der Waals surface area contributed by atoms with Crippen molar-refractivity contribution in [2.45, 2.75) is 189 Å². The van der Waals surface area contributed by atoms with Crippen LogP contribution in [0.1, 0.15) is 118 Å². The number of aromatic hydroxyl groups is 2. The number of unbranched alkanes of at least 4 members (excludes halogenated alkanes) is 2. The molecule has 0 unspecified atom stereocenters. The lowest BCUT2D eigenvalue weighted by atomic mass is 9.99. The normalized spacial score (nSPS) is 20.9. The van der Waals surface area contributed by atoms with Gasteiger partial charge in [-0.2, -0.15) is 0 Å². The number of halogens is 1. The van der Waals surface area contributed by atoms with Crippen molar-refractivity contribution in [3.05, 3.63) is 167 Å². The van der Waals surface area contributed by atoms with E-state index < -0.39 is 200 Å². The Kier molecular flexibility index (Phi) is 34.9. The van der Waals surface area contributed by atoms with Gasteiger partial charge in [0.2, 0.25) is 82.7 Å². The number of fused-ring (bicyclic) bond motifs is 2. The number of primary amides is 1. The van der Waals surface area contributed by atoms with Crippen LogP contribution in [0.4, 0.5) is 4.39 Å². The molecule has 1 saturated heterocycles. The number of carboxylic acid groups (broad SMARTS) is 1. The number of aliphatic hydroxyl groups is 1. The summed E-state index contributed by atoms with van der Waals surface area (Å²) in [6.45, 7) is -0.210. The highest BCUT2D eigenvalue weighted by molar-refractivity contribution is 6.01. The first-order chi connectivity index (χ1) is 59.7. The second kappa shape index (κ2) is 45.7. The van der Waals surface area contributed by atoms with E-state index in [1.54, 1.807) is 73.1 Å². The van der Waals surface area contributed by atoms with Crippen LogP contribution in [0.15, 0.2) is 134 Å². The number of aliphatic hydroxyl groups excluding tert-OH is 1. The van der Waals surface area contributed by atoms with E-state index in [0.717, 1.165) is 31.7 Å². The molecular weight excluding hydrogens is 1620 g/mol. The van der Waals surface area contributed by atoms with E-state index in [2.05, 4.69) is 57.8 Å². The van der Waals surface area contributed by atoms with Crippen molar-refractivity contribution in [3.63, 3.8) is 0 Å². The van der Waals surface area contributed by atoms with E-state index >= 15 is 33.6 Å². The Balaban J connectivity index is 1.18. The summed E-state index contributed by atoms with van der Waals surface area (Å²) in [5.74, 6) is -16.5. The molecule has 0 radical (unpaired) electrons. The average molecular weight is 1730 g/mol. The molecule has 5 aromatic carbocycles. The molecule has 2 aliphatic rings. The number of aromatic nitrogens is 2. The molecule has 19 N–H and O–H groups in total. The number of carbonyl (C=O) groups excluding carboxylic acids is 14. The van der Waals surface area contributed by atoms with Crippen LogP contribution in [0, 0.1) is 11.7 Å². The zero-order chi connectivity index (χ0) is 90.7. The molecule has 2 fully saturated rings. The van der Waals surface area contributed by atoms with E-state index in [9.17, 15) is 63.2 Å². The third kappa shape index (κ3) is 27.3. The lowest BCUT2D eigenvalue weighted by Crippen LogP contribution is -2.63. The fraction of sp³-hybridized carbons (Fsp3) is 0.443. The van der Waals surface area contributed by atoms with Gasteiger partial charge in [0.25, 0.3) is 0 Å². The Morgan fingerprint density at radius 3 is 1.84 bits per heavy atom. The SMILES string of the molecule is CC(=O)NCCCC[C@H]1C(=O)N[C@@H](Cc2c[nH]c3ccc(O)cc23)C(=O)N[C@@H](Cc2c[nH]c3ccccc23)C(=O)N[C@@H](C2CC2)C(=O)N(C)[C@H](C(=O)N(C)[C@@H](Cc2ccc(F)cc2)C(=O)N[C@@H](CCCCN)C(N)=O)CNC(=O)CCC[C@H](NC(=O)CC(=O)O)C(=O)N[C@@H](Cc2ccc(O)cc2)C(=O)N[C@@H](CO)C(=O)N(C)[C@@H](CCc2ccccc2)C(=O)N1C. The number of rotatable bonds is 30. The molecule has 11 atom stereocenters. The number of carbonyl (C=O) groups is 15. The van der Waals surface area contributed by atoms with Gasteiger partial charge in [0, 0.05) is 115 Å². The number of hydrogen-bond donors (Lipinski definition) is 17. The molecule has 125 heavy (non-hydrogen) atoms. The number of amides is 14. The van der Waals surface area contributed by atoms with Crippen LogP contribution in [-0.2, 0) is 104 Å². The molecule has 670 valence electrons. The number of carboxylic acids is 1. The third-order valence-electron chi connectivity index (χ3n) is 22.6. The molecule has 2 aromatic heterocycles. The van der Waals surface area contributed by atoms with Gasteiger partial charge in [0.15, 0.2) is 0 Å². The summed E-state index contributed by atoms with van der Waals surface area (Å²) in [6, 6.07) is 12.6. The van der Waals surface area contributed by atoms with Crippen LogP contribution >= 0.6 is 0 Å². The van der Waals surface area contributed by atoms with Crippen LogP contribution < -0.4 is 59.3 Å². The smallest absolute Gasteiger partial charge is 0.312 e. The standard InChI is InChI=1S/C88H112FN17O19/c1-50(108)92-39-14-12-22-70-83(120)100-67(43-56-47-94-63-36-35-59(110)44-61(56)63)81(118)99-68(42-55-46-93-62-19-10-9-18-60(55)62)82(119)102-77(54-29-30-54)88(125)106(5)73(87(124)105(4)72(41-53-24-31-57(89)32-25-53)84(121)97-64(78(91)115)20-11-13-38-90)48-95-74(111)23-15-21-65(96-75(112)45-76(113)114)79(116)98-66(40-52-26-33-58(109)34-27-52)80(117)101-69(49-107)85(122)104(3)71(86(123)103(70)2)37-28-51-16-7-6-8-17-51/h6-10,16-19,24-27,31-36,44,46-47,54,64-73,77,93-94,107,109-110H,11-15,20-23,28-30,37-43,45,48-49,90H2,1-5H3,(H2,91,115)(H,92,108)(H,95,111)(H,96,112)(H,97,121)(H,98,116)(H,99,118)(H,100,120)(H,101,117)(H,102,119)(H,113,114)/t64-,65-,66-,67-,68-,69-,70-,71-,72-,73-,77-/m0/s1. The Morgan fingerprint density at radius 2 is 1.20 bits per heavy atom. The quantitative estimate of drug-likeness (QED) is 0.0220. The molecule has 37 heteroatoms. The van der Waals surface area contributed by atoms with E-state index in [-0.39, 0.29) is 94.7 Å². The number of likely N-dealkylation sites (N-methyl/N-ethyl adjacent to an activating group) is 4. The Morgan fingerprint density at radius 1 is 0.608 bits per heavy atom. The first-order valence-corrected chi connectivity index (χ1v) is 41.6. The number of aromatic amines is 2. The van der Waals surface area contributed by atoms with Crippen molar-refractivity contribution >= 4 is 110 Å². The highest BCUT2D eigenvalue weighted by atomic mass is 19.1. The first-order valence-electron chi connectivity index (χ1n) is 41.6. The van der Waals surface area contributed by atoms with Crippen LogP contribution in [-0.4, -0.2) is 260 Å². The van der Waals surface area contributed by atoms with Crippen molar-refractivity contribution in [3.8, 4) is 11.5 Å². The number of nitrogens with one attached hydrogen (secondary N) is 11. The number of phenolic OH excluding ortho intramolecular Hbond substituents is 2. The molecule has 3 heterocycles. The zero-order valence-corrected chi connectivity index (χ0v) is 70.4. The summed E-state index contributed by atoms with van der Waals surface area (Å²) < 4.78 is 14.5. The fourth-order valence-electron chi connectivity index (χ4n) is 15.2. The number of aryl methyl sites for hydroxylation is 1. The molecule has 14 amide bonds. The van der Waals surface area contributed by atoms with Crippen molar-refractivity contribution in [1.82, 2.24) is 77.4 Å². The Labute approximate surface area is 721 Å². The topological polar surface area (TPSA) is 542 Å². The fourth-order valence-corrected chi connectivity index (χ4v) is 15.2. The maximum Gasteiger partial charge on any atom is 0.312 e. The Hall–Kier alpha value is -13.3. The minimum atomic E-state index is -1.91. The number of hydrogen-bond acceptors (Lipinski definition) is 19.